The van der Waals surface area contributed by atoms with E-state index in [2.05, 4.69) is 23.3 Å². The zero-order chi connectivity index (χ0) is 24.8. The maximum atomic E-state index is 13.9. The first-order valence-electron chi connectivity index (χ1n) is 11.9. The SMILES string of the molecule is CC1CC(=Cc2ccc(F)cc2)C2=C(C1)C(c1ccc(F)cc1)N1C(c3ccc(Cl)cc3)=CSC1=N2. The lowest BCUT2D eigenvalue weighted by molar-refractivity contribution is 0.425. The van der Waals surface area contributed by atoms with Crippen LogP contribution in [0.1, 0.15) is 42.5 Å². The molecule has 2 aliphatic heterocycles. The lowest BCUT2D eigenvalue weighted by atomic mass is 9.78. The molecule has 2 nitrogen and oxygen atoms in total. The Morgan fingerprint density at radius 3 is 2.28 bits per heavy atom. The molecule has 0 N–H and O–H groups in total. The molecule has 2 atom stereocenters. The van der Waals surface area contributed by atoms with Crippen LogP contribution in [-0.4, -0.2) is 10.1 Å². The fraction of sp³-hybridized carbons (Fsp3) is 0.167. The molecular weight excluding hydrogens is 494 g/mol. The van der Waals surface area contributed by atoms with E-state index in [4.69, 9.17) is 16.6 Å². The molecule has 1 aliphatic carbocycles. The standard InChI is InChI=1S/C30H23ClF2N2S/c1-18-14-22(16-19-2-10-24(32)11-3-19)28-26(15-18)29(21-6-12-25(33)13-7-21)35-27(17-36-30(35)34-28)20-4-8-23(31)9-5-20/h2-13,16-18,29H,14-15H2,1H3. The van der Waals surface area contributed by atoms with Gasteiger partial charge in [0.1, 0.15) is 11.6 Å². The predicted octanol–water partition coefficient (Wildman–Crippen LogP) is 8.84. The molecule has 3 aliphatic rings. The van der Waals surface area contributed by atoms with Gasteiger partial charge in [0.25, 0.3) is 0 Å². The van der Waals surface area contributed by atoms with Crippen LogP contribution in [0.3, 0.4) is 0 Å². The van der Waals surface area contributed by atoms with Crippen LogP contribution in [0.2, 0.25) is 5.02 Å². The molecule has 3 aromatic rings. The first-order chi connectivity index (χ1) is 17.5. The molecule has 0 spiro atoms. The van der Waals surface area contributed by atoms with Crippen LogP contribution in [0.4, 0.5) is 8.78 Å². The molecule has 0 fully saturated rings. The molecule has 2 heterocycles. The predicted molar refractivity (Wildman–Crippen MR) is 145 cm³/mol. The maximum Gasteiger partial charge on any atom is 0.174 e. The summed E-state index contributed by atoms with van der Waals surface area (Å²) >= 11 is 7.76. The average molecular weight is 517 g/mol. The molecule has 0 amide bonds. The van der Waals surface area contributed by atoms with Gasteiger partial charge in [-0.25, -0.2) is 13.8 Å². The van der Waals surface area contributed by atoms with Crippen LogP contribution in [0, 0.1) is 17.6 Å². The second-order valence-electron chi connectivity index (χ2n) is 9.45. The zero-order valence-electron chi connectivity index (χ0n) is 19.6. The van der Waals surface area contributed by atoms with Crippen molar-refractivity contribution in [2.24, 2.45) is 10.9 Å². The summed E-state index contributed by atoms with van der Waals surface area (Å²) in [5.74, 6) is -0.0914. The Morgan fingerprint density at radius 1 is 0.917 bits per heavy atom. The van der Waals surface area contributed by atoms with Crippen molar-refractivity contribution >= 4 is 40.3 Å². The summed E-state index contributed by atoms with van der Waals surface area (Å²) in [6.45, 7) is 2.25. The van der Waals surface area contributed by atoms with Crippen LogP contribution >= 0.6 is 23.4 Å². The van der Waals surface area contributed by atoms with Crippen molar-refractivity contribution in [1.29, 1.82) is 0 Å². The van der Waals surface area contributed by atoms with Crippen LogP contribution in [-0.2, 0) is 0 Å². The Kier molecular flexibility index (Phi) is 6.06. The molecule has 180 valence electrons. The van der Waals surface area contributed by atoms with E-state index in [0.717, 1.165) is 51.7 Å². The summed E-state index contributed by atoms with van der Waals surface area (Å²) in [7, 11) is 0. The van der Waals surface area contributed by atoms with E-state index in [0.29, 0.717) is 10.9 Å². The van der Waals surface area contributed by atoms with Gasteiger partial charge in [-0.05, 0) is 89.1 Å². The van der Waals surface area contributed by atoms with Gasteiger partial charge in [-0.1, -0.05) is 66.7 Å². The van der Waals surface area contributed by atoms with E-state index in [1.807, 2.05) is 36.4 Å². The van der Waals surface area contributed by atoms with E-state index in [-0.39, 0.29) is 17.7 Å². The third-order valence-electron chi connectivity index (χ3n) is 6.82. The van der Waals surface area contributed by atoms with E-state index >= 15 is 0 Å². The van der Waals surface area contributed by atoms with Gasteiger partial charge in [0.05, 0.1) is 17.4 Å². The zero-order valence-corrected chi connectivity index (χ0v) is 21.2. The number of hydrogen-bond acceptors (Lipinski definition) is 3. The van der Waals surface area contributed by atoms with Gasteiger partial charge in [0.2, 0.25) is 0 Å². The van der Waals surface area contributed by atoms with E-state index in [1.165, 1.54) is 29.8 Å². The van der Waals surface area contributed by atoms with Crippen LogP contribution < -0.4 is 0 Å². The van der Waals surface area contributed by atoms with Crippen LogP contribution in [0.5, 0.6) is 0 Å². The minimum Gasteiger partial charge on any atom is -0.308 e. The minimum absolute atomic E-state index is 0.107. The number of nitrogens with zero attached hydrogens (tertiary/aromatic N) is 2. The van der Waals surface area contributed by atoms with Crippen molar-refractivity contribution in [3.05, 3.63) is 128 Å². The topological polar surface area (TPSA) is 15.6 Å². The van der Waals surface area contributed by atoms with E-state index in [1.54, 1.807) is 23.9 Å². The average Bonchev–Trinajstić information content (AvgIpc) is 3.29. The molecular formula is C30H23ClF2N2S. The summed E-state index contributed by atoms with van der Waals surface area (Å²) in [5.41, 5.74) is 7.45. The number of aliphatic imine (C=N–C) groups is 1. The Balaban J connectivity index is 1.50. The third-order valence-corrected chi connectivity index (χ3v) is 7.91. The van der Waals surface area contributed by atoms with Crippen LogP contribution in [0.15, 0.2) is 100 Å². The van der Waals surface area contributed by atoms with Crippen molar-refractivity contribution in [3.63, 3.8) is 0 Å². The highest BCUT2D eigenvalue weighted by molar-refractivity contribution is 8.16. The lowest BCUT2D eigenvalue weighted by Gasteiger charge is -2.41. The number of hydrogen-bond donors (Lipinski definition) is 0. The minimum atomic E-state index is -0.254. The van der Waals surface area contributed by atoms with Crippen molar-refractivity contribution in [3.8, 4) is 0 Å². The number of benzene rings is 3. The number of thioether (sulfide) groups is 1. The smallest absolute Gasteiger partial charge is 0.174 e. The monoisotopic (exact) mass is 516 g/mol. The highest BCUT2D eigenvalue weighted by Crippen LogP contribution is 2.52. The molecule has 0 saturated carbocycles. The first kappa shape index (κ1) is 23.3. The maximum absolute atomic E-state index is 13.9. The lowest BCUT2D eigenvalue weighted by Crippen LogP contribution is -2.35. The largest absolute Gasteiger partial charge is 0.308 e. The van der Waals surface area contributed by atoms with Gasteiger partial charge in [0, 0.05) is 10.4 Å². The molecule has 0 radical (unpaired) electrons. The number of rotatable bonds is 3. The fourth-order valence-corrected chi connectivity index (χ4v) is 6.28. The number of fused-ring (bicyclic) bond motifs is 1. The molecule has 6 heteroatoms. The van der Waals surface area contributed by atoms with Crippen molar-refractivity contribution in [2.45, 2.75) is 25.8 Å². The van der Waals surface area contributed by atoms with E-state index in [9.17, 15) is 8.78 Å². The van der Waals surface area contributed by atoms with Gasteiger partial charge in [-0.15, -0.1) is 0 Å². The molecule has 36 heavy (non-hydrogen) atoms. The van der Waals surface area contributed by atoms with Crippen LogP contribution in [0.25, 0.3) is 11.8 Å². The molecule has 3 aromatic carbocycles. The normalized spacial score (nSPS) is 22.3. The Hall–Kier alpha value is -3.15. The van der Waals surface area contributed by atoms with Gasteiger partial charge >= 0.3 is 0 Å². The highest BCUT2D eigenvalue weighted by atomic mass is 35.5. The summed E-state index contributed by atoms with van der Waals surface area (Å²) in [6.07, 6.45) is 3.91. The Labute approximate surface area is 218 Å². The summed E-state index contributed by atoms with van der Waals surface area (Å²) in [6, 6.07) is 21.1. The Bertz CT molecular complexity index is 1440. The molecule has 0 aromatic heterocycles. The molecule has 0 bridgehead atoms. The molecule has 2 unspecified atom stereocenters. The van der Waals surface area contributed by atoms with Gasteiger partial charge in [-0.3, -0.25) is 0 Å². The summed E-state index contributed by atoms with van der Waals surface area (Å²) in [4.78, 5) is 7.44. The van der Waals surface area contributed by atoms with Crippen molar-refractivity contribution < 1.29 is 8.78 Å². The second kappa shape index (κ2) is 9.38. The number of allylic oxidation sites excluding steroid dienone is 1. The van der Waals surface area contributed by atoms with E-state index < -0.39 is 0 Å². The fourth-order valence-electron chi connectivity index (χ4n) is 5.22. The molecule has 6 rings (SSSR count). The summed E-state index contributed by atoms with van der Waals surface area (Å²) < 4.78 is 27.4. The van der Waals surface area contributed by atoms with Gasteiger partial charge in [0.15, 0.2) is 5.17 Å². The van der Waals surface area contributed by atoms with Gasteiger partial charge < -0.3 is 4.90 Å². The second-order valence-corrected chi connectivity index (χ2v) is 10.7. The Morgan fingerprint density at radius 2 is 1.58 bits per heavy atom. The molecule has 0 saturated heterocycles. The first-order valence-corrected chi connectivity index (χ1v) is 13.2. The number of amidine groups is 1. The van der Waals surface area contributed by atoms with Gasteiger partial charge in [-0.2, -0.15) is 0 Å². The number of halogens is 3. The van der Waals surface area contributed by atoms with Crippen molar-refractivity contribution in [2.75, 3.05) is 0 Å². The quantitative estimate of drug-likeness (QED) is 0.345. The third kappa shape index (κ3) is 4.31. The summed E-state index contributed by atoms with van der Waals surface area (Å²) in [5, 5.41) is 3.71. The van der Waals surface area contributed by atoms with Crippen molar-refractivity contribution in [1.82, 2.24) is 4.90 Å². The highest BCUT2D eigenvalue weighted by Gasteiger charge is 2.41.